The molecule has 0 heterocycles. The summed E-state index contributed by atoms with van der Waals surface area (Å²) in [4.78, 5) is 0. The number of rotatable bonds is 2. The van der Waals surface area contributed by atoms with Gasteiger partial charge in [-0.2, -0.15) is 12.6 Å². The maximum absolute atomic E-state index is 9.09. The molecule has 0 aromatic carbocycles. The van der Waals surface area contributed by atoms with Crippen LogP contribution in [0.3, 0.4) is 0 Å². The molecule has 0 atom stereocenters. The van der Waals surface area contributed by atoms with Gasteiger partial charge in [-0.25, -0.2) is 0 Å². The standard InChI is InChI=1S/C8H16OS/c9-6-8(7-10)4-2-1-3-5-8/h9-10H,1-7H2. The fourth-order valence-electron chi connectivity index (χ4n) is 1.67. The number of aliphatic hydroxyl groups is 1. The summed E-state index contributed by atoms with van der Waals surface area (Å²) in [7, 11) is 0. The van der Waals surface area contributed by atoms with E-state index < -0.39 is 0 Å². The van der Waals surface area contributed by atoms with Crippen molar-refractivity contribution in [2.75, 3.05) is 12.4 Å². The van der Waals surface area contributed by atoms with Crippen molar-refractivity contribution in [3.8, 4) is 0 Å². The lowest BCUT2D eigenvalue weighted by atomic mass is 9.76. The zero-order valence-electron chi connectivity index (χ0n) is 6.34. The van der Waals surface area contributed by atoms with Crippen molar-refractivity contribution < 1.29 is 5.11 Å². The highest BCUT2D eigenvalue weighted by atomic mass is 32.1. The summed E-state index contributed by atoms with van der Waals surface area (Å²) in [6.07, 6.45) is 6.25. The van der Waals surface area contributed by atoms with Crippen LogP contribution in [0.1, 0.15) is 32.1 Å². The Morgan fingerprint density at radius 2 is 1.80 bits per heavy atom. The first kappa shape index (κ1) is 8.41. The average Bonchev–Trinajstić information content (AvgIpc) is 2.06. The van der Waals surface area contributed by atoms with Gasteiger partial charge in [0, 0.05) is 12.0 Å². The zero-order valence-corrected chi connectivity index (χ0v) is 7.24. The van der Waals surface area contributed by atoms with E-state index in [-0.39, 0.29) is 5.41 Å². The smallest absolute Gasteiger partial charge is 0.0495 e. The first-order valence-electron chi connectivity index (χ1n) is 4.05. The van der Waals surface area contributed by atoms with E-state index in [0.717, 1.165) is 5.75 Å². The van der Waals surface area contributed by atoms with Gasteiger partial charge in [0.2, 0.25) is 0 Å². The maximum atomic E-state index is 9.09. The van der Waals surface area contributed by atoms with Gasteiger partial charge in [0.15, 0.2) is 0 Å². The molecule has 1 aliphatic carbocycles. The van der Waals surface area contributed by atoms with Gasteiger partial charge >= 0.3 is 0 Å². The molecule has 0 amide bonds. The summed E-state index contributed by atoms with van der Waals surface area (Å²) in [5.41, 5.74) is 0.182. The molecule has 0 aromatic heterocycles. The summed E-state index contributed by atoms with van der Waals surface area (Å²) in [6.45, 7) is 0.330. The number of aliphatic hydroxyl groups excluding tert-OH is 1. The topological polar surface area (TPSA) is 20.2 Å². The first-order valence-corrected chi connectivity index (χ1v) is 4.68. The Bertz CT molecular complexity index is 91.4. The minimum Gasteiger partial charge on any atom is -0.396 e. The van der Waals surface area contributed by atoms with E-state index in [0.29, 0.717) is 6.61 Å². The monoisotopic (exact) mass is 160 g/mol. The molecule has 0 spiro atoms. The molecule has 0 aromatic rings. The second-order valence-electron chi connectivity index (χ2n) is 3.38. The predicted molar refractivity (Wildman–Crippen MR) is 46.5 cm³/mol. The molecule has 10 heavy (non-hydrogen) atoms. The largest absolute Gasteiger partial charge is 0.396 e. The molecule has 1 N–H and O–H groups in total. The van der Waals surface area contributed by atoms with E-state index in [2.05, 4.69) is 12.6 Å². The van der Waals surface area contributed by atoms with E-state index in [4.69, 9.17) is 5.11 Å². The third-order valence-electron chi connectivity index (χ3n) is 2.59. The van der Waals surface area contributed by atoms with E-state index >= 15 is 0 Å². The maximum Gasteiger partial charge on any atom is 0.0495 e. The molecule has 60 valence electrons. The second-order valence-corrected chi connectivity index (χ2v) is 3.69. The highest BCUT2D eigenvalue weighted by Crippen LogP contribution is 2.36. The fourth-order valence-corrected chi connectivity index (χ4v) is 2.08. The third kappa shape index (κ3) is 1.67. The molecule has 0 saturated heterocycles. The quantitative estimate of drug-likeness (QED) is 0.591. The Kier molecular flexibility index (Phi) is 3.05. The van der Waals surface area contributed by atoms with Crippen molar-refractivity contribution in [2.45, 2.75) is 32.1 Å². The normalized spacial score (nSPS) is 24.6. The summed E-state index contributed by atoms with van der Waals surface area (Å²) in [5, 5.41) is 9.09. The van der Waals surface area contributed by atoms with Crippen molar-refractivity contribution in [1.29, 1.82) is 0 Å². The van der Waals surface area contributed by atoms with Gasteiger partial charge in [-0.05, 0) is 18.6 Å². The van der Waals surface area contributed by atoms with Crippen LogP contribution in [0.4, 0.5) is 0 Å². The van der Waals surface area contributed by atoms with Gasteiger partial charge in [-0.15, -0.1) is 0 Å². The molecule has 1 rings (SSSR count). The van der Waals surface area contributed by atoms with Crippen molar-refractivity contribution >= 4 is 12.6 Å². The first-order chi connectivity index (χ1) is 4.83. The number of thiol groups is 1. The Morgan fingerprint density at radius 1 is 1.20 bits per heavy atom. The zero-order chi connectivity index (χ0) is 7.45. The molecule has 2 heteroatoms. The molecular weight excluding hydrogens is 144 g/mol. The molecule has 1 saturated carbocycles. The summed E-state index contributed by atoms with van der Waals surface area (Å²) < 4.78 is 0. The van der Waals surface area contributed by atoms with Crippen LogP contribution in [0.2, 0.25) is 0 Å². The van der Waals surface area contributed by atoms with Crippen LogP contribution in [-0.4, -0.2) is 17.5 Å². The van der Waals surface area contributed by atoms with Crippen molar-refractivity contribution in [3.05, 3.63) is 0 Å². The van der Waals surface area contributed by atoms with Gasteiger partial charge < -0.3 is 5.11 Å². The lowest BCUT2D eigenvalue weighted by Crippen LogP contribution is -2.29. The highest BCUT2D eigenvalue weighted by molar-refractivity contribution is 7.80. The van der Waals surface area contributed by atoms with E-state index in [1.807, 2.05) is 0 Å². The van der Waals surface area contributed by atoms with Gasteiger partial charge in [0.25, 0.3) is 0 Å². The molecule has 0 unspecified atom stereocenters. The number of hydrogen-bond donors (Lipinski definition) is 2. The predicted octanol–water partition coefficient (Wildman–Crippen LogP) is 1.86. The molecule has 0 radical (unpaired) electrons. The lowest BCUT2D eigenvalue weighted by Gasteiger charge is -2.33. The molecule has 1 nitrogen and oxygen atoms in total. The van der Waals surface area contributed by atoms with E-state index in [9.17, 15) is 0 Å². The van der Waals surface area contributed by atoms with Crippen LogP contribution in [-0.2, 0) is 0 Å². The molecule has 0 aliphatic heterocycles. The highest BCUT2D eigenvalue weighted by Gasteiger charge is 2.29. The average molecular weight is 160 g/mol. The minimum absolute atomic E-state index is 0.182. The van der Waals surface area contributed by atoms with Gasteiger partial charge in [-0.3, -0.25) is 0 Å². The van der Waals surface area contributed by atoms with Crippen LogP contribution >= 0.6 is 12.6 Å². The summed E-state index contributed by atoms with van der Waals surface area (Å²) in [6, 6.07) is 0. The molecule has 0 bridgehead atoms. The summed E-state index contributed by atoms with van der Waals surface area (Å²) >= 11 is 4.27. The van der Waals surface area contributed by atoms with Crippen molar-refractivity contribution in [2.24, 2.45) is 5.41 Å². The molecular formula is C8H16OS. The Hall–Kier alpha value is 0.310. The minimum atomic E-state index is 0.182. The van der Waals surface area contributed by atoms with Gasteiger partial charge in [-0.1, -0.05) is 19.3 Å². The molecule has 1 fully saturated rings. The fraction of sp³-hybridized carbons (Fsp3) is 1.00. The second kappa shape index (κ2) is 3.63. The van der Waals surface area contributed by atoms with Gasteiger partial charge in [0.05, 0.1) is 0 Å². The number of hydrogen-bond acceptors (Lipinski definition) is 2. The summed E-state index contributed by atoms with van der Waals surface area (Å²) in [5.74, 6) is 0.851. The third-order valence-corrected chi connectivity index (χ3v) is 3.26. The Balaban J connectivity index is 2.44. The Morgan fingerprint density at radius 3 is 2.10 bits per heavy atom. The van der Waals surface area contributed by atoms with Gasteiger partial charge in [0.1, 0.15) is 0 Å². The molecule has 1 aliphatic rings. The SMILES string of the molecule is OCC1(CS)CCCCC1. The van der Waals surface area contributed by atoms with Crippen LogP contribution in [0.5, 0.6) is 0 Å². The van der Waals surface area contributed by atoms with E-state index in [1.165, 1.54) is 32.1 Å². The van der Waals surface area contributed by atoms with Crippen LogP contribution < -0.4 is 0 Å². The van der Waals surface area contributed by atoms with Crippen LogP contribution in [0.25, 0.3) is 0 Å². The van der Waals surface area contributed by atoms with Crippen LogP contribution in [0.15, 0.2) is 0 Å². The lowest BCUT2D eigenvalue weighted by molar-refractivity contribution is 0.105. The van der Waals surface area contributed by atoms with Crippen molar-refractivity contribution in [3.63, 3.8) is 0 Å². The van der Waals surface area contributed by atoms with E-state index in [1.54, 1.807) is 0 Å². The van der Waals surface area contributed by atoms with Crippen LogP contribution in [0, 0.1) is 5.41 Å². The van der Waals surface area contributed by atoms with Crippen molar-refractivity contribution in [1.82, 2.24) is 0 Å². The Labute approximate surface area is 68.2 Å².